The molecule has 8 heteroatoms. The number of halogens is 3. The van der Waals surface area contributed by atoms with E-state index in [9.17, 15) is 18.0 Å². The number of amides is 1. The number of hydrogen-bond donors (Lipinski definition) is 2. The zero-order valence-corrected chi connectivity index (χ0v) is 20.3. The molecule has 0 bridgehead atoms. The molecule has 0 spiro atoms. The summed E-state index contributed by atoms with van der Waals surface area (Å²) in [6, 6.07) is 22.6. The molecule has 4 atom stereocenters. The lowest BCUT2D eigenvalue weighted by Crippen LogP contribution is -2.45. The average Bonchev–Trinajstić information content (AvgIpc) is 2.92. The Bertz CT molecular complexity index is 1220. The van der Waals surface area contributed by atoms with Crippen molar-refractivity contribution in [1.82, 2.24) is 4.90 Å². The van der Waals surface area contributed by atoms with Crippen molar-refractivity contribution in [2.75, 3.05) is 25.0 Å². The molecule has 3 aromatic rings. The van der Waals surface area contributed by atoms with Gasteiger partial charge < -0.3 is 20.7 Å². The van der Waals surface area contributed by atoms with Crippen LogP contribution in [-0.2, 0) is 10.9 Å². The van der Waals surface area contributed by atoms with E-state index in [2.05, 4.69) is 5.32 Å². The molecule has 0 saturated carbocycles. The van der Waals surface area contributed by atoms with Crippen LogP contribution in [0.5, 0.6) is 0 Å². The lowest BCUT2D eigenvalue weighted by Gasteiger charge is -2.46. The van der Waals surface area contributed by atoms with E-state index in [1.807, 2.05) is 48.5 Å². The number of ether oxygens (including phenoxy) is 1. The van der Waals surface area contributed by atoms with Gasteiger partial charge in [0.25, 0.3) is 5.91 Å². The third kappa shape index (κ3) is 5.36. The van der Waals surface area contributed by atoms with Crippen molar-refractivity contribution in [2.24, 2.45) is 11.7 Å². The topological polar surface area (TPSA) is 67.6 Å². The highest BCUT2D eigenvalue weighted by atomic mass is 19.4. The van der Waals surface area contributed by atoms with Crippen molar-refractivity contribution in [3.63, 3.8) is 0 Å². The fourth-order valence-corrected chi connectivity index (χ4v) is 5.50. The maximum atomic E-state index is 13.6. The number of benzene rings is 3. The Balaban J connectivity index is 1.44. The molecule has 5 rings (SSSR count). The number of alkyl halides is 3. The molecule has 3 N–H and O–H groups in total. The minimum absolute atomic E-state index is 0.0533. The van der Waals surface area contributed by atoms with Gasteiger partial charge in [0.05, 0.1) is 23.8 Å². The van der Waals surface area contributed by atoms with Gasteiger partial charge in [0, 0.05) is 42.4 Å². The molecule has 1 saturated heterocycles. The Morgan fingerprint density at radius 3 is 2.38 bits per heavy atom. The minimum Gasteiger partial charge on any atom is -0.378 e. The van der Waals surface area contributed by atoms with E-state index in [0.29, 0.717) is 42.9 Å². The summed E-state index contributed by atoms with van der Waals surface area (Å²) in [5.41, 5.74) is 7.90. The minimum atomic E-state index is -4.45. The van der Waals surface area contributed by atoms with Gasteiger partial charge in [-0.3, -0.25) is 4.79 Å². The molecule has 194 valence electrons. The SMILES string of the molecule is NCCN(C[C@H]1CC[C@@H]2[C@H](O1)c1cc(C(F)(F)F)ccc1N[C@H]2c1ccccc1)C(=O)c1ccccc1. The molecule has 0 aliphatic carbocycles. The summed E-state index contributed by atoms with van der Waals surface area (Å²) in [5, 5.41) is 3.48. The normalized spacial score (nSPS) is 22.9. The maximum Gasteiger partial charge on any atom is 0.416 e. The van der Waals surface area contributed by atoms with Crippen LogP contribution in [0.3, 0.4) is 0 Å². The number of anilines is 1. The fourth-order valence-electron chi connectivity index (χ4n) is 5.50. The van der Waals surface area contributed by atoms with E-state index < -0.39 is 17.8 Å². The largest absolute Gasteiger partial charge is 0.416 e. The molecule has 2 aliphatic heterocycles. The number of nitrogens with zero attached hydrogens (tertiary/aromatic N) is 1. The van der Waals surface area contributed by atoms with E-state index in [1.165, 1.54) is 12.1 Å². The number of carbonyl (C=O) groups is 1. The molecule has 5 nitrogen and oxygen atoms in total. The number of hydrogen-bond acceptors (Lipinski definition) is 4. The summed E-state index contributed by atoms with van der Waals surface area (Å²) in [6.07, 6.45) is -3.88. The standard InChI is InChI=1S/C29H30F3N3O2/c30-29(31,32)21-11-14-25-24(17-21)27-23(26(34-25)19-7-3-1-4-8-19)13-12-22(37-27)18-35(16-15-33)28(36)20-9-5-2-6-10-20/h1-11,14,17,22-23,26-27,34H,12-13,15-16,18,33H2/t22-,23+,26+,27+/m1/s1. The van der Waals surface area contributed by atoms with E-state index >= 15 is 0 Å². The first kappa shape index (κ1) is 25.3. The average molecular weight is 510 g/mol. The van der Waals surface area contributed by atoms with Crippen LogP contribution < -0.4 is 11.1 Å². The van der Waals surface area contributed by atoms with Crippen LogP contribution in [0.2, 0.25) is 0 Å². The van der Waals surface area contributed by atoms with E-state index in [4.69, 9.17) is 10.5 Å². The number of nitrogens with one attached hydrogen (secondary N) is 1. The molecular formula is C29H30F3N3O2. The Labute approximate surface area is 214 Å². The van der Waals surface area contributed by atoms with Crippen molar-refractivity contribution >= 4 is 11.6 Å². The molecule has 2 heterocycles. The Morgan fingerprint density at radius 2 is 1.70 bits per heavy atom. The van der Waals surface area contributed by atoms with Crippen molar-refractivity contribution in [3.8, 4) is 0 Å². The predicted molar refractivity (Wildman–Crippen MR) is 136 cm³/mol. The third-order valence-electron chi connectivity index (χ3n) is 7.26. The van der Waals surface area contributed by atoms with Gasteiger partial charge in [-0.15, -0.1) is 0 Å². The summed E-state index contributed by atoms with van der Waals surface area (Å²) in [6.45, 7) is 0.992. The van der Waals surface area contributed by atoms with Gasteiger partial charge >= 0.3 is 6.18 Å². The first-order valence-corrected chi connectivity index (χ1v) is 12.6. The van der Waals surface area contributed by atoms with Crippen LogP contribution in [0.15, 0.2) is 78.9 Å². The summed E-state index contributed by atoms with van der Waals surface area (Å²) in [7, 11) is 0. The van der Waals surface area contributed by atoms with Crippen molar-refractivity contribution in [2.45, 2.75) is 37.3 Å². The van der Waals surface area contributed by atoms with Gasteiger partial charge in [0.15, 0.2) is 0 Å². The monoisotopic (exact) mass is 509 g/mol. The van der Waals surface area contributed by atoms with Gasteiger partial charge in [-0.1, -0.05) is 48.5 Å². The summed E-state index contributed by atoms with van der Waals surface area (Å²) >= 11 is 0. The zero-order valence-electron chi connectivity index (χ0n) is 20.3. The van der Waals surface area contributed by atoms with Gasteiger partial charge in [0.2, 0.25) is 0 Å². The van der Waals surface area contributed by atoms with E-state index in [-0.39, 0.29) is 24.0 Å². The Kier molecular flexibility index (Phi) is 7.22. The quantitative estimate of drug-likeness (QED) is 0.440. The van der Waals surface area contributed by atoms with Gasteiger partial charge in [-0.2, -0.15) is 13.2 Å². The lowest BCUT2D eigenvalue weighted by atomic mass is 9.76. The highest BCUT2D eigenvalue weighted by Gasteiger charge is 2.44. The maximum absolute atomic E-state index is 13.6. The smallest absolute Gasteiger partial charge is 0.378 e. The summed E-state index contributed by atoms with van der Waals surface area (Å²) in [4.78, 5) is 14.8. The molecule has 0 unspecified atom stereocenters. The van der Waals surface area contributed by atoms with Crippen LogP contribution in [-0.4, -0.2) is 36.5 Å². The van der Waals surface area contributed by atoms with Crippen LogP contribution in [0, 0.1) is 5.92 Å². The summed E-state index contributed by atoms with van der Waals surface area (Å²) in [5.74, 6) is -0.188. The van der Waals surface area contributed by atoms with Crippen LogP contribution >= 0.6 is 0 Å². The van der Waals surface area contributed by atoms with Gasteiger partial charge in [-0.05, 0) is 48.7 Å². The third-order valence-corrected chi connectivity index (χ3v) is 7.26. The molecule has 1 amide bonds. The van der Waals surface area contributed by atoms with E-state index in [1.54, 1.807) is 17.0 Å². The number of nitrogens with two attached hydrogens (primary N) is 1. The second-order valence-electron chi connectivity index (χ2n) is 9.66. The molecular weight excluding hydrogens is 479 g/mol. The van der Waals surface area contributed by atoms with E-state index in [0.717, 1.165) is 18.1 Å². The van der Waals surface area contributed by atoms with Crippen molar-refractivity contribution < 1.29 is 22.7 Å². The Hall–Kier alpha value is -3.36. The Morgan fingerprint density at radius 1 is 1.00 bits per heavy atom. The highest BCUT2D eigenvalue weighted by molar-refractivity contribution is 5.94. The number of fused-ring (bicyclic) bond motifs is 3. The second kappa shape index (κ2) is 10.6. The molecule has 3 aromatic carbocycles. The molecule has 37 heavy (non-hydrogen) atoms. The van der Waals surface area contributed by atoms with Crippen LogP contribution in [0.25, 0.3) is 0 Å². The second-order valence-corrected chi connectivity index (χ2v) is 9.66. The fraction of sp³-hybridized carbons (Fsp3) is 0.345. The van der Waals surface area contributed by atoms with Crippen LogP contribution in [0.4, 0.5) is 18.9 Å². The lowest BCUT2D eigenvalue weighted by molar-refractivity contribution is -0.138. The van der Waals surface area contributed by atoms with Crippen molar-refractivity contribution in [1.29, 1.82) is 0 Å². The van der Waals surface area contributed by atoms with Crippen molar-refractivity contribution in [3.05, 3.63) is 101 Å². The number of carbonyl (C=O) groups excluding carboxylic acids is 1. The molecule has 2 aliphatic rings. The zero-order chi connectivity index (χ0) is 26.0. The number of rotatable bonds is 6. The first-order valence-electron chi connectivity index (χ1n) is 12.6. The molecule has 0 aromatic heterocycles. The summed E-state index contributed by atoms with van der Waals surface area (Å²) < 4.78 is 47.3. The molecule has 0 radical (unpaired) electrons. The van der Waals surface area contributed by atoms with Gasteiger partial charge in [-0.25, -0.2) is 0 Å². The van der Waals surface area contributed by atoms with Gasteiger partial charge in [0.1, 0.15) is 0 Å². The first-order chi connectivity index (χ1) is 17.8. The van der Waals surface area contributed by atoms with Crippen LogP contribution in [0.1, 0.15) is 52.0 Å². The predicted octanol–water partition coefficient (Wildman–Crippen LogP) is 5.81. The highest BCUT2D eigenvalue weighted by Crippen LogP contribution is 2.51. The molecule has 1 fully saturated rings.